The zero-order valence-corrected chi connectivity index (χ0v) is 9.30. The minimum atomic E-state index is 0.468. The van der Waals surface area contributed by atoms with E-state index in [1.54, 1.807) is 0 Å². The molecule has 1 saturated heterocycles. The number of nitrogens with one attached hydrogen (secondary N) is 1. The molecule has 0 spiro atoms. The molecular weight excluding hydrogens is 174 g/mol. The fraction of sp³-hybridized carbons (Fsp3) is 1.00. The highest BCUT2D eigenvalue weighted by Crippen LogP contribution is 2.30. The normalized spacial score (nSPS) is 34.9. The molecule has 2 aliphatic rings. The first kappa shape index (κ1) is 10.4. The highest BCUT2D eigenvalue weighted by Gasteiger charge is 2.25. The molecule has 1 heterocycles. The summed E-state index contributed by atoms with van der Waals surface area (Å²) in [6, 6.07) is 0. The molecule has 1 N–H and O–H groups in total. The summed E-state index contributed by atoms with van der Waals surface area (Å²) in [5.41, 5.74) is 0. The molecule has 2 heteroatoms. The number of hydrogen-bond donors (Lipinski definition) is 1. The van der Waals surface area contributed by atoms with Gasteiger partial charge in [0.05, 0.1) is 12.2 Å². The molecule has 2 rings (SSSR count). The molecule has 82 valence electrons. The van der Waals surface area contributed by atoms with Crippen LogP contribution in [0.2, 0.25) is 0 Å². The Bertz CT molecular complexity index is 166. The van der Waals surface area contributed by atoms with Gasteiger partial charge in [-0.25, -0.2) is 0 Å². The summed E-state index contributed by atoms with van der Waals surface area (Å²) in [6.07, 6.45) is 9.18. The largest absolute Gasteiger partial charge is 0.372 e. The molecule has 1 saturated carbocycles. The summed E-state index contributed by atoms with van der Waals surface area (Å²) in [5, 5.41) is 3.48. The third-order valence-electron chi connectivity index (χ3n) is 3.66. The third-order valence-corrected chi connectivity index (χ3v) is 3.66. The van der Waals surface area contributed by atoms with Crippen LogP contribution >= 0.6 is 0 Å². The maximum Gasteiger partial charge on any atom is 0.0706 e. The number of morpholine rings is 1. The molecule has 0 amide bonds. The predicted molar refractivity (Wildman–Crippen MR) is 58.4 cm³/mol. The van der Waals surface area contributed by atoms with Gasteiger partial charge in [0.25, 0.3) is 0 Å². The van der Waals surface area contributed by atoms with Crippen molar-refractivity contribution in [3.05, 3.63) is 0 Å². The first-order valence-electron chi connectivity index (χ1n) is 6.24. The van der Waals surface area contributed by atoms with Crippen LogP contribution in [-0.4, -0.2) is 25.3 Å². The van der Waals surface area contributed by atoms with Crippen LogP contribution < -0.4 is 5.32 Å². The van der Waals surface area contributed by atoms with E-state index in [2.05, 4.69) is 12.2 Å². The van der Waals surface area contributed by atoms with Gasteiger partial charge in [-0.05, 0) is 18.8 Å². The molecule has 2 unspecified atom stereocenters. The SMILES string of the molecule is CCC1CNCC(CC2CCCC2)O1. The molecule has 1 aliphatic heterocycles. The van der Waals surface area contributed by atoms with Crippen molar-refractivity contribution < 1.29 is 4.74 Å². The molecule has 0 aromatic carbocycles. The maximum absolute atomic E-state index is 6.04. The first-order valence-corrected chi connectivity index (χ1v) is 6.24. The Hall–Kier alpha value is -0.0800. The summed E-state index contributed by atoms with van der Waals surface area (Å²) < 4.78 is 6.04. The first-order chi connectivity index (χ1) is 6.88. The van der Waals surface area contributed by atoms with E-state index in [0.717, 1.165) is 25.4 Å². The standard InChI is InChI=1S/C12H23NO/c1-2-11-8-13-9-12(14-11)7-10-5-3-4-6-10/h10-13H,2-9H2,1H3. The zero-order valence-electron chi connectivity index (χ0n) is 9.30. The van der Waals surface area contributed by atoms with E-state index >= 15 is 0 Å². The molecular formula is C12H23NO. The molecule has 0 bridgehead atoms. The second kappa shape index (κ2) is 5.13. The average Bonchev–Trinajstić information content (AvgIpc) is 2.71. The number of ether oxygens (including phenoxy) is 1. The van der Waals surface area contributed by atoms with E-state index < -0.39 is 0 Å². The van der Waals surface area contributed by atoms with Crippen LogP contribution in [0.1, 0.15) is 45.4 Å². The van der Waals surface area contributed by atoms with Gasteiger partial charge in [0, 0.05) is 13.1 Å². The number of hydrogen-bond acceptors (Lipinski definition) is 2. The van der Waals surface area contributed by atoms with Gasteiger partial charge in [0.1, 0.15) is 0 Å². The topological polar surface area (TPSA) is 21.3 Å². The Morgan fingerprint density at radius 1 is 1.14 bits per heavy atom. The quantitative estimate of drug-likeness (QED) is 0.750. The minimum absolute atomic E-state index is 0.468. The molecule has 1 aliphatic carbocycles. The molecule has 2 fully saturated rings. The lowest BCUT2D eigenvalue weighted by Crippen LogP contribution is -2.44. The van der Waals surface area contributed by atoms with E-state index in [0.29, 0.717) is 12.2 Å². The van der Waals surface area contributed by atoms with Crippen molar-refractivity contribution in [2.75, 3.05) is 13.1 Å². The lowest BCUT2D eigenvalue weighted by Gasteiger charge is -2.31. The van der Waals surface area contributed by atoms with Gasteiger partial charge in [-0.3, -0.25) is 0 Å². The second-order valence-electron chi connectivity index (χ2n) is 4.83. The zero-order chi connectivity index (χ0) is 9.80. The molecule has 0 aromatic heterocycles. The van der Waals surface area contributed by atoms with E-state index in [1.807, 2.05) is 0 Å². The van der Waals surface area contributed by atoms with Gasteiger partial charge in [0.2, 0.25) is 0 Å². The predicted octanol–water partition coefficient (Wildman–Crippen LogP) is 2.33. The molecule has 2 atom stereocenters. The van der Waals surface area contributed by atoms with Gasteiger partial charge in [-0.15, -0.1) is 0 Å². The number of rotatable bonds is 3. The van der Waals surface area contributed by atoms with Crippen LogP contribution in [0.5, 0.6) is 0 Å². The lowest BCUT2D eigenvalue weighted by molar-refractivity contribution is -0.0481. The van der Waals surface area contributed by atoms with E-state index in [-0.39, 0.29) is 0 Å². The van der Waals surface area contributed by atoms with Crippen molar-refractivity contribution >= 4 is 0 Å². The maximum atomic E-state index is 6.04. The third kappa shape index (κ3) is 2.71. The van der Waals surface area contributed by atoms with Crippen molar-refractivity contribution in [3.63, 3.8) is 0 Å². The summed E-state index contributed by atoms with van der Waals surface area (Å²) in [7, 11) is 0. The van der Waals surface area contributed by atoms with Gasteiger partial charge in [0.15, 0.2) is 0 Å². The Morgan fingerprint density at radius 3 is 2.57 bits per heavy atom. The van der Waals surface area contributed by atoms with Crippen LogP contribution in [0, 0.1) is 5.92 Å². The van der Waals surface area contributed by atoms with Crippen LogP contribution in [-0.2, 0) is 4.74 Å². The van der Waals surface area contributed by atoms with Gasteiger partial charge < -0.3 is 10.1 Å². The van der Waals surface area contributed by atoms with Crippen molar-refractivity contribution in [2.24, 2.45) is 5.92 Å². The molecule has 0 aromatic rings. The fourth-order valence-corrected chi connectivity index (χ4v) is 2.77. The van der Waals surface area contributed by atoms with Crippen LogP contribution in [0.25, 0.3) is 0 Å². The van der Waals surface area contributed by atoms with Gasteiger partial charge in [-0.1, -0.05) is 32.6 Å². The minimum Gasteiger partial charge on any atom is -0.372 e. The van der Waals surface area contributed by atoms with Crippen molar-refractivity contribution in [1.29, 1.82) is 0 Å². The van der Waals surface area contributed by atoms with Crippen molar-refractivity contribution in [1.82, 2.24) is 5.32 Å². The molecule has 0 radical (unpaired) electrons. The Morgan fingerprint density at radius 2 is 1.86 bits per heavy atom. The van der Waals surface area contributed by atoms with Crippen molar-refractivity contribution in [2.45, 2.75) is 57.7 Å². The van der Waals surface area contributed by atoms with Crippen LogP contribution in [0.4, 0.5) is 0 Å². The highest BCUT2D eigenvalue weighted by molar-refractivity contribution is 4.78. The van der Waals surface area contributed by atoms with E-state index in [9.17, 15) is 0 Å². The smallest absolute Gasteiger partial charge is 0.0706 e. The summed E-state index contributed by atoms with van der Waals surface area (Å²) in [6.45, 7) is 4.34. The fourth-order valence-electron chi connectivity index (χ4n) is 2.77. The van der Waals surface area contributed by atoms with E-state index in [4.69, 9.17) is 4.74 Å². The molecule has 2 nitrogen and oxygen atoms in total. The van der Waals surface area contributed by atoms with Gasteiger partial charge >= 0.3 is 0 Å². The van der Waals surface area contributed by atoms with E-state index in [1.165, 1.54) is 32.1 Å². The average molecular weight is 197 g/mol. The van der Waals surface area contributed by atoms with Crippen LogP contribution in [0.3, 0.4) is 0 Å². The molecule has 14 heavy (non-hydrogen) atoms. The summed E-state index contributed by atoms with van der Waals surface area (Å²) in [5.74, 6) is 0.956. The van der Waals surface area contributed by atoms with Crippen molar-refractivity contribution in [3.8, 4) is 0 Å². The Kier molecular flexibility index (Phi) is 3.82. The second-order valence-corrected chi connectivity index (χ2v) is 4.83. The Labute approximate surface area is 87.4 Å². The lowest BCUT2D eigenvalue weighted by atomic mass is 9.99. The van der Waals surface area contributed by atoms with Crippen LogP contribution in [0.15, 0.2) is 0 Å². The summed E-state index contributed by atoms with van der Waals surface area (Å²) >= 11 is 0. The van der Waals surface area contributed by atoms with Gasteiger partial charge in [-0.2, -0.15) is 0 Å². The Balaban J connectivity index is 1.73. The monoisotopic (exact) mass is 197 g/mol. The summed E-state index contributed by atoms with van der Waals surface area (Å²) in [4.78, 5) is 0. The highest BCUT2D eigenvalue weighted by atomic mass is 16.5.